The molecule has 3 aromatic rings. The second-order valence-corrected chi connectivity index (χ2v) is 8.91. The van der Waals surface area contributed by atoms with E-state index < -0.39 is 10.0 Å². The molecule has 0 bridgehead atoms. The fourth-order valence-corrected chi connectivity index (χ4v) is 3.81. The highest BCUT2D eigenvalue weighted by Gasteiger charge is 2.17. The molecule has 0 aromatic heterocycles. The molecular formula is C22H24N2O5S. The molecule has 0 spiro atoms. The number of fused-ring (bicyclic) bond motifs is 1. The molecule has 0 atom stereocenters. The summed E-state index contributed by atoms with van der Waals surface area (Å²) < 4.78 is 36.3. The lowest BCUT2D eigenvalue weighted by Crippen LogP contribution is -2.28. The molecule has 0 saturated heterocycles. The van der Waals surface area contributed by atoms with Crippen molar-refractivity contribution in [3.8, 4) is 11.5 Å². The van der Waals surface area contributed by atoms with E-state index in [1.807, 2.05) is 30.3 Å². The van der Waals surface area contributed by atoms with Gasteiger partial charge in [0, 0.05) is 14.1 Å². The summed E-state index contributed by atoms with van der Waals surface area (Å²) in [6.07, 6.45) is 0. The van der Waals surface area contributed by atoms with Crippen LogP contribution in [0.25, 0.3) is 10.8 Å². The molecule has 3 rings (SSSR count). The zero-order valence-corrected chi connectivity index (χ0v) is 17.9. The molecule has 0 unspecified atom stereocenters. The Morgan fingerprint density at radius 2 is 1.63 bits per heavy atom. The summed E-state index contributed by atoms with van der Waals surface area (Å²) in [5.74, 6) is 0.767. The molecule has 7 nitrogen and oxygen atoms in total. The molecule has 1 N–H and O–H groups in total. The molecule has 0 aliphatic rings. The maximum absolute atomic E-state index is 12.6. The fraction of sp³-hybridized carbons (Fsp3) is 0.227. The summed E-state index contributed by atoms with van der Waals surface area (Å²) in [6, 6.07) is 17.5. The minimum atomic E-state index is -3.47. The summed E-state index contributed by atoms with van der Waals surface area (Å²) >= 11 is 0. The van der Waals surface area contributed by atoms with Crippen molar-refractivity contribution in [1.82, 2.24) is 9.62 Å². The Balaban J connectivity index is 1.58. The van der Waals surface area contributed by atoms with E-state index in [1.165, 1.54) is 33.3 Å². The number of sulfonamides is 1. The Kier molecular flexibility index (Phi) is 6.59. The van der Waals surface area contributed by atoms with E-state index in [1.54, 1.807) is 18.2 Å². The van der Waals surface area contributed by atoms with Crippen molar-refractivity contribution in [2.75, 3.05) is 34.4 Å². The molecule has 3 aromatic carbocycles. The zero-order valence-electron chi connectivity index (χ0n) is 17.1. The van der Waals surface area contributed by atoms with Gasteiger partial charge in [-0.25, -0.2) is 12.7 Å². The first kappa shape index (κ1) is 21.6. The molecular weight excluding hydrogens is 404 g/mol. The van der Waals surface area contributed by atoms with E-state index in [2.05, 4.69) is 5.32 Å². The van der Waals surface area contributed by atoms with Crippen LogP contribution in [0.4, 0.5) is 0 Å². The number of amides is 1. The number of hydrogen-bond donors (Lipinski definition) is 1. The number of nitrogens with one attached hydrogen (secondary N) is 1. The Hall–Kier alpha value is -3.10. The van der Waals surface area contributed by atoms with Crippen molar-refractivity contribution < 1.29 is 22.7 Å². The third-order valence-corrected chi connectivity index (χ3v) is 6.40. The van der Waals surface area contributed by atoms with E-state index in [4.69, 9.17) is 9.47 Å². The number of rotatable bonds is 8. The van der Waals surface area contributed by atoms with Crippen LogP contribution in [0.15, 0.2) is 65.6 Å². The van der Waals surface area contributed by atoms with Crippen LogP contribution in [-0.2, 0) is 10.0 Å². The van der Waals surface area contributed by atoms with E-state index in [0.717, 1.165) is 15.1 Å². The van der Waals surface area contributed by atoms with Gasteiger partial charge in [-0.2, -0.15) is 0 Å². The van der Waals surface area contributed by atoms with Gasteiger partial charge in [-0.05, 0) is 47.2 Å². The molecule has 0 radical (unpaired) electrons. The van der Waals surface area contributed by atoms with Crippen LogP contribution in [-0.4, -0.2) is 53.0 Å². The average molecular weight is 429 g/mol. The van der Waals surface area contributed by atoms with Gasteiger partial charge in [0.05, 0.1) is 24.1 Å². The quantitative estimate of drug-likeness (QED) is 0.558. The summed E-state index contributed by atoms with van der Waals surface area (Å²) in [5.41, 5.74) is 0.453. The molecule has 0 aliphatic carbocycles. The maximum Gasteiger partial charge on any atom is 0.255 e. The van der Waals surface area contributed by atoms with Crippen molar-refractivity contribution in [2.24, 2.45) is 0 Å². The SMILES string of the molecule is COc1cc2ccccc2cc1C(=O)NCCOc1ccc(S(=O)(=O)N(C)C)cc1. The summed E-state index contributed by atoms with van der Waals surface area (Å²) in [5, 5.41) is 4.76. The normalized spacial score (nSPS) is 11.5. The number of ether oxygens (including phenoxy) is 2. The molecule has 1 amide bonds. The van der Waals surface area contributed by atoms with Crippen LogP contribution < -0.4 is 14.8 Å². The van der Waals surface area contributed by atoms with Crippen LogP contribution in [0.1, 0.15) is 10.4 Å². The first-order valence-electron chi connectivity index (χ1n) is 9.33. The van der Waals surface area contributed by atoms with Crippen LogP contribution >= 0.6 is 0 Å². The lowest BCUT2D eigenvalue weighted by Gasteiger charge is -2.13. The highest BCUT2D eigenvalue weighted by atomic mass is 32.2. The van der Waals surface area contributed by atoms with Crippen molar-refractivity contribution >= 4 is 26.7 Å². The van der Waals surface area contributed by atoms with Crippen LogP contribution in [0.5, 0.6) is 11.5 Å². The van der Waals surface area contributed by atoms with Gasteiger partial charge in [-0.1, -0.05) is 24.3 Å². The Labute approximate surface area is 176 Å². The second-order valence-electron chi connectivity index (χ2n) is 6.76. The molecule has 0 aliphatic heterocycles. The van der Waals surface area contributed by atoms with E-state index in [-0.39, 0.29) is 24.0 Å². The smallest absolute Gasteiger partial charge is 0.255 e. The van der Waals surface area contributed by atoms with Crippen LogP contribution in [0.2, 0.25) is 0 Å². The van der Waals surface area contributed by atoms with Crippen molar-refractivity contribution in [2.45, 2.75) is 4.90 Å². The highest BCUT2D eigenvalue weighted by molar-refractivity contribution is 7.89. The van der Waals surface area contributed by atoms with E-state index >= 15 is 0 Å². The number of hydrogen-bond acceptors (Lipinski definition) is 5. The Morgan fingerprint density at radius 3 is 2.23 bits per heavy atom. The summed E-state index contributed by atoms with van der Waals surface area (Å²) in [4.78, 5) is 12.8. The van der Waals surface area contributed by atoms with Gasteiger partial charge in [0.2, 0.25) is 10.0 Å². The van der Waals surface area contributed by atoms with Crippen LogP contribution in [0.3, 0.4) is 0 Å². The predicted molar refractivity (Wildman–Crippen MR) is 116 cm³/mol. The minimum Gasteiger partial charge on any atom is -0.496 e. The number of benzene rings is 3. The lowest BCUT2D eigenvalue weighted by molar-refractivity contribution is 0.0944. The molecule has 30 heavy (non-hydrogen) atoms. The van der Waals surface area contributed by atoms with E-state index in [0.29, 0.717) is 17.1 Å². The summed E-state index contributed by atoms with van der Waals surface area (Å²) in [7, 11) is 1.02. The van der Waals surface area contributed by atoms with Gasteiger partial charge in [0.15, 0.2) is 0 Å². The standard InChI is InChI=1S/C22H24N2O5S/c1-24(2)30(26,27)19-10-8-18(9-11-19)29-13-12-23-22(25)20-14-16-6-4-5-7-17(16)15-21(20)28-3/h4-11,14-15H,12-13H2,1-3H3,(H,23,25). The van der Waals surface area contributed by atoms with E-state index in [9.17, 15) is 13.2 Å². The highest BCUT2D eigenvalue weighted by Crippen LogP contribution is 2.26. The summed E-state index contributed by atoms with van der Waals surface area (Å²) in [6.45, 7) is 0.522. The third-order valence-electron chi connectivity index (χ3n) is 4.57. The van der Waals surface area contributed by atoms with Crippen molar-refractivity contribution in [3.05, 3.63) is 66.2 Å². The maximum atomic E-state index is 12.6. The average Bonchev–Trinajstić information content (AvgIpc) is 2.75. The molecule has 158 valence electrons. The van der Waals surface area contributed by atoms with Crippen molar-refractivity contribution in [3.63, 3.8) is 0 Å². The minimum absolute atomic E-state index is 0.191. The van der Waals surface area contributed by atoms with Gasteiger partial charge < -0.3 is 14.8 Å². The monoisotopic (exact) mass is 428 g/mol. The number of nitrogens with zero attached hydrogens (tertiary/aromatic N) is 1. The predicted octanol–water partition coefficient (Wildman–Crippen LogP) is 2.91. The molecule has 8 heteroatoms. The van der Waals surface area contributed by atoms with Gasteiger partial charge in [0.1, 0.15) is 18.1 Å². The van der Waals surface area contributed by atoms with Gasteiger partial charge in [-0.15, -0.1) is 0 Å². The second kappa shape index (κ2) is 9.15. The lowest BCUT2D eigenvalue weighted by atomic mass is 10.1. The van der Waals surface area contributed by atoms with Crippen LogP contribution in [0, 0.1) is 0 Å². The fourth-order valence-electron chi connectivity index (χ4n) is 2.91. The van der Waals surface area contributed by atoms with Gasteiger partial charge in [-0.3, -0.25) is 4.79 Å². The first-order chi connectivity index (χ1) is 14.3. The van der Waals surface area contributed by atoms with Gasteiger partial charge in [0.25, 0.3) is 5.91 Å². The Bertz CT molecular complexity index is 1140. The number of carbonyl (C=O) groups is 1. The molecule has 0 fully saturated rings. The third kappa shape index (κ3) is 4.72. The van der Waals surface area contributed by atoms with Crippen molar-refractivity contribution in [1.29, 1.82) is 0 Å². The number of carbonyl (C=O) groups excluding carboxylic acids is 1. The molecule has 0 heterocycles. The van der Waals surface area contributed by atoms with Gasteiger partial charge >= 0.3 is 0 Å². The zero-order chi connectivity index (χ0) is 21.7. The largest absolute Gasteiger partial charge is 0.496 e. The topological polar surface area (TPSA) is 84.9 Å². The molecule has 0 saturated carbocycles. The Morgan fingerprint density at radius 1 is 1.00 bits per heavy atom. The first-order valence-corrected chi connectivity index (χ1v) is 10.8. The number of methoxy groups -OCH3 is 1.